The van der Waals surface area contributed by atoms with Gasteiger partial charge in [0.1, 0.15) is 10.2 Å². The van der Waals surface area contributed by atoms with Crippen LogP contribution in [0.3, 0.4) is 0 Å². The Balaban J connectivity index is 2.50. The minimum atomic E-state index is -0.0163. The van der Waals surface area contributed by atoms with Crippen molar-refractivity contribution >= 4 is 23.6 Å². The topological polar surface area (TPSA) is 41.1 Å². The van der Waals surface area contributed by atoms with Gasteiger partial charge in [-0.15, -0.1) is 0 Å². The number of unbranched alkanes of at least 4 members (excludes halogenated alkanes) is 2. The van der Waals surface area contributed by atoms with E-state index in [0.717, 1.165) is 25.2 Å². The average Bonchev–Trinajstić information content (AvgIpc) is 2.26. The number of nitrogens with one attached hydrogen (secondary N) is 2. The van der Waals surface area contributed by atoms with Crippen LogP contribution in [-0.4, -0.2) is 13.1 Å². The van der Waals surface area contributed by atoms with E-state index in [9.17, 15) is 4.79 Å². The third-order valence-corrected chi connectivity index (χ3v) is 2.74. The van der Waals surface area contributed by atoms with E-state index in [1.807, 2.05) is 6.92 Å². The molecular weight excluding hydrogens is 208 g/mol. The van der Waals surface area contributed by atoms with Crippen LogP contribution in [0, 0.1) is 4.51 Å². The summed E-state index contributed by atoms with van der Waals surface area (Å²) in [6, 6.07) is 0. The lowest BCUT2D eigenvalue weighted by molar-refractivity contribution is 0.743. The Morgan fingerprint density at radius 1 is 1.13 bits per heavy atom. The molecule has 0 fully saturated rings. The molecule has 0 bridgehead atoms. The molecule has 2 N–H and O–H groups in total. The van der Waals surface area contributed by atoms with Gasteiger partial charge in [0.2, 0.25) is 5.43 Å². The minimum absolute atomic E-state index is 0.0163. The first kappa shape index (κ1) is 12.2. The van der Waals surface area contributed by atoms with Gasteiger partial charge in [-0.25, -0.2) is 0 Å². The molecule has 0 unspecified atom stereocenters. The molecule has 0 saturated carbocycles. The lowest BCUT2D eigenvalue weighted by atomic mass is 10.2. The van der Waals surface area contributed by atoms with Crippen LogP contribution in [0.5, 0.6) is 0 Å². The van der Waals surface area contributed by atoms with E-state index in [4.69, 9.17) is 12.2 Å². The van der Waals surface area contributed by atoms with Crippen molar-refractivity contribution in [1.82, 2.24) is 0 Å². The summed E-state index contributed by atoms with van der Waals surface area (Å²) >= 11 is 4.96. The van der Waals surface area contributed by atoms with Gasteiger partial charge in [-0.2, -0.15) is 0 Å². The molecule has 1 aromatic rings. The van der Waals surface area contributed by atoms with E-state index in [1.165, 1.54) is 12.8 Å². The van der Waals surface area contributed by atoms with Crippen molar-refractivity contribution in [2.24, 2.45) is 0 Å². The first-order valence-corrected chi connectivity index (χ1v) is 5.94. The van der Waals surface area contributed by atoms with E-state index in [-0.39, 0.29) is 5.43 Å². The quantitative estimate of drug-likeness (QED) is 0.554. The van der Waals surface area contributed by atoms with Crippen LogP contribution >= 0.6 is 12.2 Å². The zero-order valence-electron chi connectivity index (χ0n) is 9.35. The SMILES string of the molecule is CCCCCNc1c(NCC)c(=S)c1=O. The second-order valence-corrected chi connectivity index (χ2v) is 3.98. The second kappa shape index (κ2) is 5.85. The summed E-state index contributed by atoms with van der Waals surface area (Å²) in [6.45, 7) is 5.80. The highest BCUT2D eigenvalue weighted by Gasteiger charge is 2.15. The van der Waals surface area contributed by atoms with Crippen molar-refractivity contribution in [2.75, 3.05) is 23.7 Å². The van der Waals surface area contributed by atoms with E-state index >= 15 is 0 Å². The summed E-state index contributed by atoms with van der Waals surface area (Å²) in [6.07, 6.45) is 3.47. The predicted molar refractivity (Wildman–Crippen MR) is 68.1 cm³/mol. The molecule has 1 aromatic carbocycles. The van der Waals surface area contributed by atoms with Crippen molar-refractivity contribution in [3.63, 3.8) is 0 Å². The van der Waals surface area contributed by atoms with E-state index in [1.54, 1.807) is 0 Å². The van der Waals surface area contributed by atoms with Gasteiger partial charge in [0, 0.05) is 13.1 Å². The normalized spacial score (nSPS) is 10.5. The molecule has 15 heavy (non-hydrogen) atoms. The fraction of sp³-hybridized carbons (Fsp3) is 0.636. The molecule has 0 amide bonds. The van der Waals surface area contributed by atoms with Gasteiger partial charge in [0.15, 0.2) is 0 Å². The van der Waals surface area contributed by atoms with Crippen LogP contribution in [0.1, 0.15) is 33.1 Å². The fourth-order valence-corrected chi connectivity index (χ4v) is 1.77. The molecule has 3 nitrogen and oxygen atoms in total. The van der Waals surface area contributed by atoms with Crippen LogP contribution < -0.4 is 16.1 Å². The standard InChI is InChI=1S/C11H18N2OS/c1-3-5-6-7-13-8-9(12-4-2)11(15)10(8)14/h12-13H,3-7H2,1-2H3. The molecule has 84 valence electrons. The Labute approximate surface area is 95.6 Å². The van der Waals surface area contributed by atoms with Crippen molar-refractivity contribution in [3.8, 4) is 0 Å². The molecule has 0 atom stereocenters. The predicted octanol–water partition coefficient (Wildman–Crippen LogP) is 2.69. The highest BCUT2D eigenvalue weighted by molar-refractivity contribution is 7.71. The monoisotopic (exact) mass is 226 g/mol. The van der Waals surface area contributed by atoms with Crippen molar-refractivity contribution in [1.29, 1.82) is 0 Å². The molecule has 0 aliphatic rings. The second-order valence-electron chi connectivity index (χ2n) is 3.57. The molecule has 0 saturated heterocycles. The first-order chi connectivity index (χ1) is 7.22. The third-order valence-electron chi connectivity index (χ3n) is 2.35. The van der Waals surface area contributed by atoms with Gasteiger partial charge in [-0.1, -0.05) is 32.0 Å². The van der Waals surface area contributed by atoms with Crippen LogP contribution in [0.15, 0.2) is 4.79 Å². The van der Waals surface area contributed by atoms with Gasteiger partial charge in [0.25, 0.3) is 0 Å². The van der Waals surface area contributed by atoms with Crippen molar-refractivity contribution in [2.45, 2.75) is 33.1 Å². The Morgan fingerprint density at radius 3 is 2.47 bits per heavy atom. The van der Waals surface area contributed by atoms with E-state index in [0.29, 0.717) is 10.2 Å². The highest BCUT2D eigenvalue weighted by atomic mass is 32.1. The van der Waals surface area contributed by atoms with Crippen LogP contribution in [0.4, 0.5) is 11.4 Å². The molecule has 1 rings (SSSR count). The molecule has 0 aliphatic carbocycles. The third kappa shape index (κ3) is 2.78. The van der Waals surface area contributed by atoms with Crippen LogP contribution in [0.25, 0.3) is 0 Å². The number of anilines is 2. The smallest absolute Gasteiger partial charge is 0.223 e. The Hall–Kier alpha value is -0.900. The number of hydrogen-bond acceptors (Lipinski definition) is 4. The lowest BCUT2D eigenvalue weighted by Crippen LogP contribution is -2.22. The van der Waals surface area contributed by atoms with E-state index < -0.39 is 0 Å². The summed E-state index contributed by atoms with van der Waals surface area (Å²) in [5.74, 6) is 0. The summed E-state index contributed by atoms with van der Waals surface area (Å²) in [4.78, 5) is 11.4. The molecule has 4 heteroatoms. The van der Waals surface area contributed by atoms with Crippen LogP contribution in [0.2, 0.25) is 0 Å². The van der Waals surface area contributed by atoms with Crippen LogP contribution in [-0.2, 0) is 0 Å². The molecule has 0 heterocycles. The maximum atomic E-state index is 11.4. The highest BCUT2D eigenvalue weighted by Crippen LogP contribution is 2.22. The zero-order valence-corrected chi connectivity index (χ0v) is 10.2. The Morgan fingerprint density at radius 2 is 1.87 bits per heavy atom. The van der Waals surface area contributed by atoms with Gasteiger partial charge < -0.3 is 10.6 Å². The average molecular weight is 226 g/mol. The largest absolute Gasteiger partial charge is 0.382 e. The maximum Gasteiger partial charge on any atom is 0.223 e. The van der Waals surface area contributed by atoms with Crippen molar-refractivity contribution < 1.29 is 0 Å². The summed E-state index contributed by atoms with van der Waals surface area (Å²) in [5, 5.41) is 6.26. The van der Waals surface area contributed by atoms with Gasteiger partial charge >= 0.3 is 0 Å². The minimum Gasteiger partial charge on any atom is -0.382 e. The lowest BCUT2D eigenvalue weighted by Gasteiger charge is -2.14. The Kier molecular flexibility index (Phi) is 4.75. The Bertz CT molecular complexity index is 380. The van der Waals surface area contributed by atoms with E-state index in [2.05, 4.69) is 17.6 Å². The van der Waals surface area contributed by atoms with Gasteiger partial charge in [0.05, 0.1) is 5.69 Å². The van der Waals surface area contributed by atoms with Gasteiger partial charge in [-0.05, 0) is 13.3 Å². The molecule has 0 radical (unpaired) electrons. The first-order valence-electron chi connectivity index (χ1n) is 5.53. The zero-order chi connectivity index (χ0) is 11.3. The number of hydrogen-bond donors (Lipinski definition) is 2. The molecule has 0 aromatic heterocycles. The summed E-state index contributed by atoms with van der Waals surface area (Å²) < 4.78 is 0.440. The fourth-order valence-electron chi connectivity index (χ4n) is 1.49. The van der Waals surface area contributed by atoms with Gasteiger partial charge in [-0.3, -0.25) is 4.79 Å². The summed E-state index contributed by atoms with van der Waals surface area (Å²) in [5.41, 5.74) is 1.49. The molecular formula is C11H18N2OS. The molecule has 0 aliphatic heterocycles. The number of rotatable bonds is 7. The maximum absolute atomic E-state index is 11.4. The summed E-state index contributed by atoms with van der Waals surface area (Å²) in [7, 11) is 0. The molecule has 0 spiro atoms. The van der Waals surface area contributed by atoms with Crippen molar-refractivity contribution in [3.05, 3.63) is 14.7 Å².